The fourth-order valence-corrected chi connectivity index (χ4v) is 1.70. The van der Waals surface area contributed by atoms with Gasteiger partial charge in [-0.1, -0.05) is 18.2 Å². The fourth-order valence-electron chi connectivity index (χ4n) is 1.48. The Bertz CT molecular complexity index is 529. The van der Waals surface area contributed by atoms with Gasteiger partial charge in [0.2, 0.25) is 0 Å². The van der Waals surface area contributed by atoms with Gasteiger partial charge in [0.25, 0.3) is 0 Å². The predicted molar refractivity (Wildman–Crippen MR) is 72.1 cm³/mol. The van der Waals surface area contributed by atoms with Gasteiger partial charge < -0.3 is 10.4 Å². The monoisotopic (exact) mass is 292 g/mol. The maximum atomic E-state index is 9.62. The van der Waals surface area contributed by atoms with Gasteiger partial charge in [-0.3, -0.25) is 0 Å². The first kappa shape index (κ1) is 11.9. The van der Waals surface area contributed by atoms with Crippen LogP contribution in [0.3, 0.4) is 0 Å². The van der Waals surface area contributed by atoms with Gasteiger partial charge >= 0.3 is 0 Å². The molecule has 0 unspecified atom stereocenters. The first-order valence-corrected chi connectivity index (χ1v) is 6.09. The topological polar surface area (TPSA) is 45.1 Å². The van der Waals surface area contributed by atoms with Gasteiger partial charge in [0.15, 0.2) is 0 Å². The van der Waals surface area contributed by atoms with Gasteiger partial charge in [-0.25, -0.2) is 4.98 Å². The van der Waals surface area contributed by atoms with Gasteiger partial charge in [0.05, 0.1) is 0 Å². The van der Waals surface area contributed by atoms with Crippen LogP contribution >= 0.6 is 15.9 Å². The molecule has 0 saturated carbocycles. The van der Waals surface area contributed by atoms with Crippen LogP contribution in [0.2, 0.25) is 0 Å². The van der Waals surface area contributed by atoms with Crippen LogP contribution in [0, 0.1) is 6.92 Å². The second-order valence-electron chi connectivity index (χ2n) is 3.80. The third-order valence-electron chi connectivity index (χ3n) is 2.50. The molecule has 2 aromatic rings. The van der Waals surface area contributed by atoms with Crippen LogP contribution in [0.1, 0.15) is 11.1 Å². The minimum absolute atomic E-state index is 0.300. The van der Waals surface area contributed by atoms with Crippen molar-refractivity contribution in [2.45, 2.75) is 13.5 Å². The van der Waals surface area contributed by atoms with E-state index in [2.05, 4.69) is 26.2 Å². The van der Waals surface area contributed by atoms with Crippen LogP contribution in [0.15, 0.2) is 41.0 Å². The van der Waals surface area contributed by atoms with Crippen molar-refractivity contribution >= 4 is 21.7 Å². The van der Waals surface area contributed by atoms with E-state index in [4.69, 9.17) is 0 Å². The van der Waals surface area contributed by atoms with Crippen molar-refractivity contribution in [3.8, 4) is 5.75 Å². The Morgan fingerprint density at radius 2 is 2.12 bits per heavy atom. The highest BCUT2D eigenvalue weighted by molar-refractivity contribution is 9.10. The minimum atomic E-state index is 0.300. The lowest BCUT2D eigenvalue weighted by atomic mass is 10.2. The Balaban J connectivity index is 2.08. The summed E-state index contributed by atoms with van der Waals surface area (Å²) in [6, 6.07) is 9.23. The number of phenols is 1. The van der Waals surface area contributed by atoms with E-state index in [-0.39, 0.29) is 0 Å². The largest absolute Gasteiger partial charge is 0.508 e. The molecule has 0 spiro atoms. The second-order valence-corrected chi connectivity index (χ2v) is 4.66. The number of para-hydroxylation sites is 1. The van der Waals surface area contributed by atoms with Crippen molar-refractivity contribution in [3.63, 3.8) is 0 Å². The molecule has 0 fully saturated rings. The zero-order valence-corrected chi connectivity index (χ0v) is 11.0. The highest BCUT2D eigenvalue weighted by Gasteiger charge is 2.01. The molecule has 0 aliphatic carbocycles. The van der Waals surface area contributed by atoms with Crippen molar-refractivity contribution in [3.05, 3.63) is 52.1 Å². The number of aromatic nitrogens is 1. The van der Waals surface area contributed by atoms with Crippen LogP contribution in [0.25, 0.3) is 0 Å². The van der Waals surface area contributed by atoms with Crippen LogP contribution in [-0.2, 0) is 6.54 Å². The molecule has 1 aromatic carbocycles. The zero-order valence-electron chi connectivity index (χ0n) is 9.44. The third kappa shape index (κ3) is 2.97. The summed E-state index contributed by atoms with van der Waals surface area (Å²) in [4.78, 5) is 4.24. The molecule has 1 heterocycles. The number of nitrogens with zero attached hydrogens (tertiary/aromatic N) is 1. The Hall–Kier alpha value is -1.55. The Morgan fingerprint density at radius 1 is 1.35 bits per heavy atom. The summed E-state index contributed by atoms with van der Waals surface area (Å²) < 4.78 is 0.991. The first-order valence-electron chi connectivity index (χ1n) is 5.29. The van der Waals surface area contributed by atoms with Crippen LogP contribution < -0.4 is 5.32 Å². The smallest absolute Gasteiger partial charge is 0.126 e. The van der Waals surface area contributed by atoms with Gasteiger partial charge in [0, 0.05) is 22.8 Å². The van der Waals surface area contributed by atoms with E-state index in [9.17, 15) is 5.11 Å². The highest BCUT2D eigenvalue weighted by atomic mass is 79.9. The molecule has 0 aliphatic heterocycles. The molecule has 17 heavy (non-hydrogen) atoms. The molecule has 0 aliphatic rings. The third-order valence-corrected chi connectivity index (χ3v) is 3.33. The molecule has 88 valence electrons. The number of aryl methyl sites for hydroxylation is 1. The molecule has 0 amide bonds. The molecule has 1 aromatic heterocycles. The van der Waals surface area contributed by atoms with E-state index in [0.29, 0.717) is 12.3 Å². The number of halogens is 1. The first-order chi connectivity index (χ1) is 8.16. The van der Waals surface area contributed by atoms with Gasteiger partial charge in [-0.15, -0.1) is 0 Å². The van der Waals surface area contributed by atoms with E-state index in [1.54, 1.807) is 18.3 Å². The summed E-state index contributed by atoms with van der Waals surface area (Å²) >= 11 is 3.41. The Morgan fingerprint density at radius 3 is 2.82 bits per heavy atom. The number of phenolic OH excluding ortho intramolecular Hbond substituents is 1. The normalized spacial score (nSPS) is 10.2. The molecular formula is C13H13BrN2O. The quantitative estimate of drug-likeness (QED) is 0.910. The number of rotatable bonds is 3. The Kier molecular flexibility index (Phi) is 3.64. The number of aromatic hydroxyl groups is 1. The number of hydrogen-bond donors (Lipinski definition) is 2. The number of hydrogen-bond acceptors (Lipinski definition) is 3. The SMILES string of the molecule is Cc1cc(NCc2ccccc2O)ncc1Br. The lowest BCUT2D eigenvalue weighted by Gasteiger charge is -2.08. The van der Waals surface area contributed by atoms with Crippen LogP contribution in [0.4, 0.5) is 5.82 Å². The summed E-state index contributed by atoms with van der Waals surface area (Å²) in [5.41, 5.74) is 1.98. The molecule has 2 N–H and O–H groups in total. The highest BCUT2D eigenvalue weighted by Crippen LogP contribution is 2.19. The van der Waals surface area contributed by atoms with Gasteiger partial charge in [-0.2, -0.15) is 0 Å². The summed E-state index contributed by atoms with van der Waals surface area (Å²) in [7, 11) is 0. The minimum Gasteiger partial charge on any atom is -0.508 e. The Labute approximate surface area is 109 Å². The molecule has 3 nitrogen and oxygen atoms in total. The number of benzene rings is 1. The van der Waals surface area contributed by atoms with E-state index in [0.717, 1.165) is 21.4 Å². The lowest BCUT2D eigenvalue weighted by Crippen LogP contribution is -2.01. The van der Waals surface area contributed by atoms with Crippen molar-refractivity contribution < 1.29 is 5.11 Å². The number of nitrogens with one attached hydrogen (secondary N) is 1. The average Bonchev–Trinajstić information content (AvgIpc) is 2.32. The molecule has 4 heteroatoms. The molecular weight excluding hydrogens is 280 g/mol. The molecule has 0 radical (unpaired) electrons. The number of anilines is 1. The van der Waals surface area contributed by atoms with Gasteiger partial charge in [-0.05, 0) is 40.5 Å². The van der Waals surface area contributed by atoms with Crippen molar-refractivity contribution in [2.24, 2.45) is 0 Å². The lowest BCUT2D eigenvalue weighted by molar-refractivity contribution is 0.469. The second kappa shape index (κ2) is 5.19. The van der Waals surface area contributed by atoms with E-state index in [1.165, 1.54) is 0 Å². The standard InChI is InChI=1S/C13H13BrN2O/c1-9-6-13(16-8-11(9)14)15-7-10-4-2-3-5-12(10)17/h2-6,8,17H,7H2,1H3,(H,15,16). The summed E-state index contributed by atoms with van der Waals surface area (Å²) in [5.74, 6) is 1.10. The number of pyridine rings is 1. The van der Waals surface area contributed by atoms with E-state index in [1.807, 2.05) is 25.1 Å². The summed E-state index contributed by atoms with van der Waals surface area (Å²) in [6.45, 7) is 2.57. The molecule has 0 bridgehead atoms. The fraction of sp³-hybridized carbons (Fsp3) is 0.154. The molecule has 2 rings (SSSR count). The molecule has 0 saturated heterocycles. The van der Waals surface area contributed by atoms with Crippen LogP contribution in [-0.4, -0.2) is 10.1 Å². The van der Waals surface area contributed by atoms with E-state index >= 15 is 0 Å². The van der Waals surface area contributed by atoms with Crippen LogP contribution in [0.5, 0.6) is 5.75 Å². The van der Waals surface area contributed by atoms with E-state index < -0.39 is 0 Å². The maximum absolute atomic E-state index is 9.62. The summed E-state index contributed by atoms with van der Waals surface area (Å²) in [5, 5.41) is 12.8. The predicted octanol–water partition coefficient (Wildman–Crippen LogP) is 3.47. The zero-order chi connectivity index (χ0) is 12.3. The van der Waals surface area contributed by atoms with Crippen molar-refractivity contribution in [1.82, 2.24) is 4.98 Å². The van der Waals surface area contributed by atoms with Crippen molar-refractivity contribution in [1.29, 1.82) is 0 Å². The maximum Gasteiger partial charge on any atom is 0.126 e. The van der Waals surface area contributed by atoms with Gasteiger partial charge in [0.1, 0.15) is 11.6 Å². The average molecular weight is 293 g/mol. The van der Waals surface area contributed by atoms with Crippen molar-refractivity contribution in [2.75, 3.05) is 5.32 Å². The summed E-state index contributed by atoms with van der Waals surface area (Å²) in [6.07, 6.45) is 1.77. The molecule has 0 atom stereocenters.